The van der Waals surface area contributed by atoms with E-state index in [1.807, 2.05) is 0 Å². The fraction of sp³-hybridized carbons (Fsp3) is 0.400. The molecule has 1 aromatic rings. The minimum Gasteiger partial charge on any atom is -0.776 e. The second kappa shape index (κ2) is 5.95. The molecule has 1 aromatic carbocycles. The molecule has 0 aliphatic carbocycles. The fourth-order valence-corrected chi connectivity index (χ4v) is 3.64. The molecular formula is C10H15O8P2-. The maximum absolute atomic E-state index is 11.2. The zero-order valence-corrected chi connectivity index (χ0v) is 12.3. The van der Waals surface area contributed by atoms with E-state index in [0.29, 0.717) is 12.4 Å². The Morgan fingerprint density at radius 1 is 1.30 bits per heavy atom. The third-order valence-corrected chi connectivity index (χ3v) is 6.26. The van der Waals surface area contributed by atoms with E-state index in [9.17, 15) is 19.1 Å². The smallest absolute Gasteiger partial charge is 0.365 e. The van der Waals surface area contributed by atoms with Gasteiger partial charge in [-0.2, -0.15) is 0 Å². The van der Waals surface area contributed by atoms with Crippen molar-refractivity contribution in [1.29, 1.82) is 0 Å². The fourth-order valence-electron chi connectivity index (χ4n) is 1.55. The number of hydrogen-bond donors (Lipinski definition) is 4. The van der Waals surface area contributed by atoms with E-state index in [1.54, 1.807) is 13.0 Å². The first-order valence-corrected chi connectivity index (χ1v) is 8.74. The first kappa shape index (κ1) is 17.3. The predicted octanol–water partition coefficient (Wildman–Crippen LogP) is -0.00270. The molecule has 0 radical (unpaired) electrons. The van der Waals surface area contributed by atoms with Crippen LogP contribution in [0, 0.1) is 0 Å². The van der Waals surface area contributed by atoms with Crippen molar-refractivity contribution < 1.29 is 38.5 Å². The first-order chi connectivity index (χ1) is 9.01. The van der Waals surface area contributed by atoms with Crippen LogP contribution in [0.2, 0.25) is 0 Å². The highest BCUT2D eigenvalue weighted by Gasteiger charge is 2.53. The maximum Gasteiger partial charge on any atom is 0.365 e. The Morgan fingerprint density at radius 3 is 2.35 bits per heavy atom. The zero-order chi connectivity index (χ0) is 15.6. The zero-order valence-electron chi connectivity index (χ0n) is 10.5. The SMILES string of the molecule is CCOc1cccc(CC(O)(P(=O)([O-])O)P(=O)(O)O)c1. The number of hydrogen-bond acceptors (Lipinski definition) is 5. The van der Waals surface area contributed by atoms with Crippen LogP contribution in [0.5, 0.6) is 5.75 Å². The summed E-state index contributed by atoms with van der Waals surface area (Å²) < 4.78 is 27.5. The average Bonchev–Trinajstić information content (AvgIpc) is 2.26. The van der Waals surface area contributed by atoms with Gasteiger partial charge < -0.3 is 34.0 Å². The van der Waals surface area contributed by atoms with Gasteiger partial charge in [0, 0.05) is 6.42 Å². The third-order valence-electron chi connectivity index (χ3n) is 2.57. The Morgan fingerprint density at radius 2 is 1.90 bits per heavy atom. The van der Waals surface area contributed by atoms with E-state index < -0.39 is 26.7 Å². The summed E-state index contributed by atoms with van der Waals surface area (Å²) >= 11 is 0. The van der Waals surface area contributed by atoms with Gasteiger partial charge in [0.15, 0.2) is 7.60 Å². The quantitative estimate of drug-likeness (QED) is 0.534. The van der Waals surface area contributed by atoms with Crippen LogP contribution in [-0.4, -0.2) is 31.5 Å². The van der Waals surface area contributed by atoms with Gasteiger partial charge in [-0.15, -0.1) is 0 Å². The van der Waals surface area contributed by atoms with E-state index in [1.165, 1.54) is 18.2 Å². The second-order valence-electron chi connectivity index (χ2n) is 4.10. The Balaban J connectivity index is 3.19. The molecular weight excluding hydrogens is 310 g/mol. The number of benzene rings is 1. The average molecular weight is 325 g/mol. The van der Waals surface area contributed by atoms with E-state index in [4.69, 9.17) is 19.4 Å². The summed E-state index contributed by atoms with van der Waals surface area (Å²) in [7, 11) is -11.2. The molecule has 0 heterocycles. The van der Waals surface area contributed by atoms with E-state index >= 15 is 0 Å². The molecule has 0 bridgehead atoms. The predicted molar refractivity (Wildman–Crippen MR) is 68.1 cm³/mol. The molecule has 0 spiro atoms. The molecule has 0 amide bonds. The van der Waals surface area contributed by atoms with Gasteiger partial charge in [0.1, 0.15) is 5.75 Å². The highest BCUT2D eigenvalue weighted by molar-refractivity contribution is 7.71. The van der Waals surface area contributed by atoms with Crippen LogP contribution in [0.3, 0.4) is 0 Å². The lowest BCUT2D eigenvalue weighted by Crippen LogP contribution is -2.35. The lowest BCUT2D eigenvalue weighted by molar-refractivity contribution is -0.206. The van der Waals surface area contributed by atoms with Crippen LogP contribution >= 0.6 is 15.2 Å². The monoisotopic (exact) mass is 325 g/mol. The summed E-state index contributed by atoms with van der Waals surface area (Å²) in [6.45, 7) is 2.06. The van der Waals surface area contributed by atoms with Gasteiger partial charge >= 0.3 is 7.60 Å². The van der Waals surface area contributed by atoms with Gasteiger partial charge in [-0.05, 0) is 24.6 Å². The minimum absolute atomic E-state index is 0.0897. The molecule has 0 aromatic heterocycles. The van der Waals surface area contributed by atoms with E-state index in [-0.39, 0.29) is 5.56 Å². The van der Waals surface area contributed by atoms with Gasteiger partial charge in [0.25, 0.3) is 0 Å². The highest BCUT2D eigenvalue weighted by Crippen LogP contribution is 2.66. The molecule has 0 saturated carbocycles. The molecule has 8 nitrogen and oxygen atoms in total. The summed E-state index contributed by atoms with van der Waals surface area (Å²) in [6, 6.07) is 5.69. The molecule has 2 unspecified atom stereocenters. The molecule has 4 N–H and O–H groups in total. The maximum atomic E-state index is 11.2. The normalized spacial score (nSPS) is 18.1. The number of ether oxygens (including phenoxy) is 1. The van der Waals surface area contributed by atoms with Gasteiger partial charge in [-0.1, -0.05) is 12.1 Å². The number of aliphatic hydroxyl groups is 1. The summed E-state index contributed by atoms with van der Waals surface area (Å²) in [6.07, 6.45) is -0.963. The van der Waals surface area contributed by atoms with Gasteiger partial charge in [0.05, 0.1) is 6.61 Å². The minimum atomic E-state index is -5.70. The standard InChI is InChI=1S/C10H16O8P2/c1-2-18-9-5-3-4-8(6-9)7-10(11,19(12,13)14)20(15,16)17/h3-6,11H,2,7H2,1H3,(H2,12,13,14)(H2,15,16,17)/p-1. The van der Waals surface area contributed by atoms with Crippen LogP contribution in [0.25, 0.3) is 0 Å². The van der Waals surface area contributed by atoms with Crippen LogP contribution in [0.4, 0.5) is 0 Å². The van der Waals surface area contributed by atoms with Crippen molar-refractivity contribution in [3.8, 4) is 5.75 Å². The molecule has 0 fully saturated rings. The Hall–Kier alpha value is -0.720. The summed E-state index contributed by atoms with van der Waals surface area (Å²) in [5, 5.41) is 6.16. The van der Waals surface area contributed by atoms with Crippen molar-refractivity contribution in [2.45, 2.75) is 18.4 Å². The molecule has 10 heteroatoms. The lowest BCUT2D eigenvalue weighted by Gasteiger charge is -2.36. The Bertz CT molecular complexity index is 538. The molecule has 1 rings (SSSR count). The number of rotatable bonds is 6. The van der Waals surface area contributed by atoms with Crippen molar-refractivity contribution in [2.24, 2.45) is 0 Å². The van der Waals surface area contributed by atoms with Crippen LogP contribution < -0.4 is 9.63 Å². The Kier molecular flexibility index (Phi) is 5.16. The molecule has 0 saturated heterocycles. The van der Waals surface area contributed by atoms with Crippen LogP contribution in [0.1, 0.15) is 12.5 Å². The lowest BCUT2D eigenvalue weighted by atomic mass is 10.1. The molecule has 0 aliphatic heterocycles. The van der Waals surface area contributed by atoms with Crippen molar-refractivity contribution in [1.82, 2.24) is 0 Å². The topological polar surface area (TPSA) is 147 Å². The molecule has 0 aliphatic rings. The summed E-state index contributed by atoms with van der Waals surface area (Å²) in [5.41, 5.74) is 0.0897. The van der Waals surface area contributed by atoms with E-state index in [2.05, 4.69) is 0 Å². The first-order valence-electron chi connectivity index (χ1n) is 5.55. The summed E-state index contributed by atoms with van der Waals surface area (Å²) in [4.78, 5) is 38.1. The summed E-state index contributed by atoms with van der Waals surface area (Å²) in [5.74, 6) is 0.344. The van der Waals surface area contributed by atoms with Gasteiger partial charge in [-0.25, -0.2) is 0 Å². The highest BCUT2D eigenvalue weighted by atomic mass is 31.2. The van der Waals surface area contributed by atoms with E-state index in [0.717, 1.165) is 0 Å². The van der Waals surface area contributed by atoms with Crippen LogP contribution in [0.15, 0.2) is 24.3 Å². The third kappa shape index (κ3) is 3.68. The molecule has 2 atom stereocenters. The van der Waals surface area contributed by atoms with Crippen molar-refractivity contribution in [2.75, 3.05) is 6.61 Å². The van der Waals surface area contributed by atoms with Gasteiger partial charge in [0.2, 0.25) is 5.08 Å². The largest absolute Gasteiger partial charge is 0.776 e. The molecule has 20 heavy (non-hydrogen) atoms. The van der Waals surface area contributed by atoms with Crippen molar-refractivity contribution in [3.05, 3.63) is 29.8 Å². The van der Waals surface area contributed by atoms with Crippen molar-refractivity contribution >= 4 is 15.2 Å². The molecule has 114 valence electrons. The Labute approximate surface area is 115 Å². The van der Waals surface area contributed by atoms with Crippen LogP contribution in [-0.2, 0) is 15.6 Å². The van der Waals surface area contributed by atoms with Gasteiger partial charge in [-0.3, -0.25) is 4.57 Å². The second-order valence-corrected chi connectivity index (χ2v) is 8.06. The van der Waals surface area contributed by atoms with Crippen molar-refractivity contribution in [3.63, 3.8) is 0 Å².